The molecule has 0 saturated carbocycles. The number of benzene rings is 2. The smallest absolute Gasteiger partial charge is 0.260 e. The molecule has 0 aromatic heterocycles. The normalized spacial score (nSPS) is 15.0. The maximum absolute atomic E-state index is 13.1. The van der Waals surface area contributed by atoms with Crippen LogP contribution in [-0.4, -0.2) is 62.9 Å². The Balaban J connectivity index is 1.61. The molecule has 2 aromatic carbocycles. The summed E-state index contributed by atoms with van der Waals surface area (Å²) in [5.74, 6) is -0.0505. The van der Waals surface area contributed by atoms with E-state index in [1.54, 1.807) is 30.0 Å². The molecule has 3 rings (SSSR count). The molecule has 0 spiro atoms. The molecule has 0 N–H and O–H groups in total. The highest BCUT2D eigenvalue weighted by Gasteiger charge is 2.28. The Bertz CT molecular complexity index is 1100. The number of rotatable bonds is 7. The number of amides is 1. The Morgan fingerprint density at radius 3 is 2.50 bits per heavy atom. The zero-order valence-corrected chi connectivity index (χ0v) is 18.5. The second-order valence-electron chi connectivity index (χ2n) is 7.09. The molecule has 1 aliphatic rings. The minimum absolute atomic E-state index is 0.0197. The first kappa shape index (κ1) is 23.5. The van der Waals surface area contributed by atoms with Crippen LogP contribution >= 0.6 is 0 Å². The standard InChI is InChI=1S/C22H24FN3O5S/c1-2-30-21-14-17(15-24)4-9-20(21)31-16-22(27)25-10-3-11-26(13-12-25)32(28,29)19-7-5-18(23)6-8-19/h4-9,14H,2-3,10-13,16H2,1H3. The first-order valence-electron chi connectivity index (χ1n) is 10.2. The third-order valence-electron chi connectivity index (χ3n) is 4.98. The van der Waals surface area contributed by atoms with Gasteiger partial charge in [0.1, 0.15) is 5.82 Å². The Morgan fingerprint density at radius 2 is 1.81 bits per heavy atom. The van der Waals surface area contributed by atoms with Gasteiger partial charge in [-0.3, -0.25) is 4.79 Å². The molecule has 10 heteroatoms. The molecule has 0 atom stereocenters. The monoisotopic (exact) mass is 461 g/mol. The summed E-state index contributed by atoms with van der Waals surface area (Å²) in [7, 11) is -3.77. The van der Waals surface area contributed by atoms with Crippen molar-refractivity contribution in [2.24, 2.45) is 0 Å². The average molecular weight is 462 g/mol. The number of nitriles is 1. The number of hydrogen-bond donors (Lipinski definition) is 0. The molecular weight excluding hydrogens is 437 g/mol. The Kier molecular flexibility index (Phi) is 7.66. The highest BCUT2D eigenvalue weighted by atomic mass is 32.2. The van der Waals surface area contributed by atoms with Gasteiger partial charge in [0.05, 0.1) is 23.1 Å². The molecule has 1 heterocycles. The highest BCUT2D eigenvalue weighted by molar-refractivity contribution is 7.89. The van der Waals surface area contributed by atoms with E-state index in [2.05, 4.69) is 0 Å². The fraction of sp³-hybridized carbons (Fsp3) is 0.364. The fourth-order valence-corrected chi connectivity index (χ4v) is 4.80. The predicted octanol–water partition coefficient (Wildman–Crippen LogP) is 2.40. The molecule has 1 saturated heterocycles. The van der Waals surface area contributed by atoms with Gasteiger partial charge < -0.3 is 14.4 Å². The summed E-state index contributed by atoms with van der Waals surface area (Å²) < 4.78 is 51.2. The van der Waals surface area contributed by atoms with Crippen LogP contribution in [0.1, 0.15) is 18.9 Å². The van der Waals surface area contributed by atoms with Crippen LogP contribution in [0.4, 0.5) is 4.39 Å². The maximum Gasteiger partial charge on any atom is 0.260 e. The van der Waals surface area contributed by atoms with Crippen molar-refractivity contribution in [2.45, 2.75) is 18.2 Å². The number of halogens is 1. The van der Waals surface area contributed by atoms with Gasteiger partial charge in [0.15, 0.2) is 18.1 Å². The number of hydrogen-bond acceptors (Lipinski definition) is 6. The van der Waals surface area contributed by atoms with Crippen molar-refractivity contribution in [3.63, 3.8) is 0 Å². The summed E-state index contributed by atoms with van der Waals surface area (Å²) in [6.45, 7) is 2.94. The number of ether oxygens (including phenoxy) is 2. The van der Waals surface area contributed by atoms with Crippen LogP contribution in [0.5, 0.6) is 11.5 Å². The molecule has 2 aromatic rings. The molecule has 0 radical (unpaired) electrons. The van der Waals surface area contributed by atoms with Crippen LogP contribution in [0.3, 0.4) is 0 Å². The highest BCUT2D eigenvalue weighted by Crippen LogP contribution is 2.28. The SMILES string of the molecule is CCOc1cc(C#N)ccc1OCC(=O)N1CCCN(S(=O)(=O)c2ccc(F)cc2)CC1. The van der Waals surface area contributed by atoms with E-state index in [-0.39, 0.29) is 37.0 Å². The van der Waals surface area contributed by atoms with Crippen molar-refractivity contribution in [3.8, 4) is 17.6 Å². The van der Waals surface area contributed by atoms with Gasteiger partial charge in [-0.15, -0.1) is 0 Å². The van der Waals surface area contributed by atoms with Gasteiger partial charge in [-0.05, 0) is 49.7 Å². The summed E-state index contributed by atoms with van der Waals surface area (Å²) >= 11 is 0. The lowest BCUT2D eigenvalue weighted by atomic mass is 10.2. The molecule has 0 bridgehead atoms. The molecule has 1 amide bonds. The van der Waals surface area contributed by atoms with Crippen LogP contribution in [0.15, 0.2) is 47.4 Å². The number of sulfonamides is 1. The van der Waals surface area contributed by atoms with E-state index >= 15 is 0 Å². The van der Waals surface area contributed by atoms with Crippen LogP contribution in [-0.2, 0) is 14.8 Å². The third-order valence-corrected chi connectivity index (χ3v) is 6.90. The molecule has 32 heavy (non-hydrogen) atoms. The van der Waals surface area contributed by atoms with Crippen LogP contribution in [0, 0.1) is 17.1 Å². The van der Waals surface area contributed by atoms with Crippen molar-refractivity contribution >= 4 is 15.9 Å². The van der Waals surface area contributed by atoms with Crippen molar-refractivity contribution < 1.29 is 27.1 Å². The van der Waals surface area contributed by atoms with E-state index in [1.165, 1.54) is 16.4 Å². The maximum atomic E-state index is 13.1. The first-order valence-corrected chi connectivity index (χ1v) is 11.6. The molecule has 1 fully saturated rings. The van der Waals surface area contributed by atoms with Crippen molar-refractivity contribution in [1.29, 1.82) is 5.26 Å². The largest absolute Gasteiger partial charge is 0.490 e. The quantitative estimate of drug-likeness (QED) is 0.628. The second kappa shape index (κ2) is 10.4. The summed E-state index contributed by atoms with van der Waals surface area (Å²) in [5, 5.41) is 9.03. The van der Waals surface area contributed by atoms with Crippen molar-refractivity contribution in [2.75, 3.05) is 39.4 Å². The molecule has 0 unspecified atom stereocenters. The van der Waals surface area contributed by atoms with Crippen molar-refractivity contribution in [1.82, 2.24) is 9.21 Å². The van der Waals surface area contributed by atoms with Gasteiger partial charge in [-0.1, -0.05) is 0 Å². The van der Waals surface area contributed by atoms with E-state index in [0.717, 1.165) is 12.1 Å². The molecule has 170 valence electrons. The van der Waals surface area contributed by atoms with Gasteiger partial charge in [0.25, 0.3) is 5.91 Å². The molecule has 8 nitrogen and oxygen atoms in total. The molecule has 0 aliphatic carbocycles. The van der Waals surface area contributed by atoms with Gasteiger partial charge in [-0.25, -0.2) is 12.8 Å². The fourth-order valence-electron chi connectivity index (χ4n) is 3.34. The summed E-state index contributed by atoms with van der Waals surface area (Å²) in [4.78, 5) is 14.3. The lowest BCUT2D eigenvalue weighted by Crippen LogP contribution is -2.39. The number of carbonyl (C=O) groups excluding carboxylic acids is 1. The summed E-state index contributed by atoms with van der Waals surface area (Å²) in [5.41, 5.74) is 0.419. The van der Waals surface area contributed by atoms with E-state index in [0.29, 0.717) is 36.6 Å². The van der Waals surface area contributed by atoms with Gasteiger partial charge >= 0.3 is 0 Å². The topological polar surface area (TPSA) is 99.9 Å². The Hall–Kier alpha value is -3.16. The second-order valence-corrected chi connectivity index (χ2v) is 9.03. The third kappa shape index (κ3) is 5.55. The minimum atomic E-state index is -3.77. The zero-order valence-electron chi connectivity index (χ0n) is 17.7. The summed E-state index contributed by atoms with van der Waals surface area (Å²) in [6.07, 6.45) is 0.466. The average Bonchev–Trinajstić information content (AvgIpc) is 3.05. The summed E-state index contributed by atoms with van der Waals surface area (Å²) in [6, 6.07) is 11.4. The van der Waals surface area contributed by atoms with E-state index in [9.17, 15) is 17.6 Å². The molecular formula is C22H24FN3O5S. The first-order chi connectivity index (χ1) is 15.3. The van der Waals surface area contributed by atoms with E-state index in [1.807, 2.05) is 6.07 Å². The number of nitrogens with zero attached hydrogens (tertiary/aromatic N) is 3. The Labute approximate surface area is 186 Å². The van der Waals surface area contributed by atoms with Crippen molar-refractivity contribution in [3.05, 3.63) is 53.8 Å². The lowest BCUT2D eigenvalue weighted by molar-refractivity contribution is -0.133. The zero-order chi connectivity index (χ0) is 23.1. The minimum Gasteiger partial charge on any atom is -0.490 e. The number of carbonyl (C=O) groups is 1. The lowest BCUT2D eigenvalue weighted by Gasteiger charge is -2.22. The predicted molar refractivity (Wildman–Crippen MR) is 114 cm³/mol. The van der Waals surface area contributed by atoms with Crippen LogP contribution in [0.25, 0.3) is 0 Å². The van der Waals surface area contributed by atoms with Crippen LogP contribution < -0.4 is 9.47 Å². The van der Waals surface area contributed by atoms with Crippen LogP contribution in [0.2, 0.25) is 0 Å². The van der Waals surface area contributed by atoms with Gasteiger partial charge in [-0.2, -0.15) is 9.57 Å². The van der Waals surface area contributed by atoms with Gasteiger partial charge in [0, 0.05) is 32.2 Å². The Morgan fingerprint density at radius 1 is 1.06 bits per heavy atom. The van der Waals surface area contributed by atoms with E-state index < -0.39 is 15.8 Å². The van der Waals surface area contributed by atoms with Gasteiger partial charge in [0.2, 0.25) is 10.0 Å². The molecule has 1 aliphatic heterocycles. The van der Waals surface area contributed by atoms with E-state index in [4.69, 9.17) is 14.7 Å².